The Kier molecular flexibility index (Phi) is 8.69. The van der Waals surface area contributed by atoms with Crippen LogP contribution in [0.3, 0.4) is 0 Å². The van der Waals surface area contributed by atoms with Crippen LogP contribution in [0.25, 0.3) is 44.3 Å². The lowest BCUT2D eigenvalue weighted by atomic mass is 9.67. The van der Waals surface area contributed by atoms with E-state index in [0.29, 0.717) is 0 Å². The van der Waals surface area contributed by atoms with E-state index >= 15 is 0 Å². The van der Waals surface area contributed by atoms with Crippen molar-refractivity contribution in [1.29, 1.82) is 0 Å². The second-order valence-corrected chi connectivity index (χ2v) is 17.5. The third-order valence-electron chi connectivity index (χ3n) is 14.3. The molecule has 0 bridgehead atoms. The zero-order valence-corrected chi connectivity index (χ0v) is 36.2. The van der Waals surface area contributed by atoms with Crippen LogP contribution in [0.5, 0.6) is 0 Å². The van der Waals surface area contributed by atoms with Crippen molar-refractivity contribution in [3.63, 3.8) is 0 Å². The number of hydrogen-bond acceptors (Lipinski definition) is 2. The van der Waals surface area contributed by atoms with Gasteiger partial charge in [-0.05, 0) is 126 Å². The van der Waals surface area contributed by atoms with Crippen LogP contribution in [0.2, 0.25) is 0 Å². The molecule has 11 aromatic rings. The van der Waals surface area contributed by atoms with Gasteiger partial charge in [-0.1, -0.05) is 206 Å². The average Bonchev–Trinajstić information content (AvgIpc) is 4.08. The first-order chi connectivity index (χ1) is 32.7. The van der Waals surface area contributed by atoms with Crippen LogP contribution in [-0.2, 0) is 10.8 Å². The van der Waals surface area contributed by atoms with Gasteiger partial charge < -0.3 is 9.32 Å². The lowest BCUT2D eigenvalue weighted by Gasteiger charge is -2.35. The minimum absolute atomic E-state index is 0.488. The summed E-state index contributed by atoms with van der Waals surface area (Å²) in [7, 11) is 0. The molecule has 10 aromatic carbocycles. The van der Waals surface area contributed by atoms with Crippen molar-refractivity contribution in [1.82, 2.24) is 0 Å². The third kappa shape index (κ3) is 5.49. The Morgan fingerprint density at radius 1 is 0.288 bits per heavy atom. The zero-order valence-electron chi connectivity index (χ0n) is 36.2. The maximum Gasteiger partial charge on any atom is 0.134 e. The minimum atomic E-state index is -0.537. The molecule has 2 nitrogen and oxygen atoms in total. The lowest BCUT2D eigenvalue weighted by molar-refractivity contribution is 0.616. The minimum Gasteiger partial charge on any atom is -0.464 e. The van der Waals surface area contributed by atoms with Gasteiger partial charge in [0.2, 0.25) is 0 Å². The van der Waals surface area contributed by atoms with E-state index in [1.165, 1.54) is 66.8 Å². The van der Waals surface area contributed by atoms with Crippen molar-refractivity contribution in [2.24, 2.45) is 0 Å². The standard InChI is InChI=1S/C64H43NO/c1-5-18-45(19-6-1)63(46-20-7-2-8-21-46)59-30-16-14-27-54(59)57-42-50(37-39-60(57)63)65(49-34-32-44(33-35-49)52-28-17-31-62-56(52)40-41-66-62)51-36-38-55-53-26-13-15-29-58(53)64(61(55)43-51,47-22-9-3-10-23-47)48-24-11-4-12-25-48/h1-43H. The molecular formula is C64H43NO. The van der Waals surface area contributed by atoms with Crippen molar-refractivity contribution in [2.45, 2.75) is 10.8 Å². The van der Waals surface area contributed by atoms with E-state index in [4.69, 9.17) is 4.42 Å². The first-order valence-electron chi connectivity index (χ1n) is 22.8. The average molecular weight is 842 g/mol. The fourth-order valence-corrected chi connectivity index (χ4v) is 11.6. The van der Waals surface area contributed by atoms with Crippen LogP contribution in [0, 0.1) is 0 Å². The van der Waals surface area contributed by atoms with Crippen molar-refractivity contribution in [3.05, 3.63) is 306 Å². The SMILES string of the molecule is c1ccc(C2(c3ccccc3)c3ccccc3-c3cc(N(c4ccc(-c5cccc6occc56)cc4)c4ccc5c(c4)C(c4ccccc4)(c4ccccc4)c4ccccc4-5)ccc32)cc1. The molecule has 0 saturated carbocycles. The predicted molar refractivity (Wildman–Crippen MR) is 271 cm³/mol. The summed E-state index contributed by atoms with van der Waals surface area (Å²) in [6.45, 7) is 0. The van der Waals surface area contributed by atoms with Crippen LogP contribution >= 0.6 is 0 Å². The third-order valence-corrected chi connectivity index (χ3v) is 14.3. The molecule has 0 unspecified atom stereocenters. The van der Waals surface area contributed by atoms with Crippen LogP contribution in [0.1, 0.15) is 44.5 Å². The van der Waals surface area contributed by atoms with Gasteiger partial charge in [0.15, 0.2) is 0 Å². The largest absolute Gasteiger partial charge is 0.464 e. The molecule has 0 fully saturated rings. The Morgan fingerprint density at radius 2 is 0.727 bits per heavy atom. The van der Waals surface area contributed by atoms with E-state index in [2.05, 4.69) is 254 Å². The number of fused-ring (bicyclic) bond motifs is 7. The molecule has 1 aromatic heterocycles. The topological polar surface area (TPSA) is 16.4 Å². The van der Waals surface area contributed by atoms with E-state index in [1.807, 2.05) is 6.07 Å². The highest BCUT2D eigenvalue weighted by atomic mass is 16.3. The van der Waals surface area contributed by atoms with Crippen molar-refractivity contribution < 1.29 is 4.42 Å². The van der Waals surface area contributed by atoms with E-state index in [-0.39, 0.29) is 0 Å². The maximum atomic E-state index is 5.82. The molecule has 310 valence electrons. The smallest absolute Gasteiger partial charge is 0.134 e. The van der Waals surface area contributed by atoms with Crippen LogP contribution in [-0.4, -0.2) is 0 Å². The monoisotopic (exact) mass is 841 g/mol. The first kappa shape index (κ1) is 38.0. The van der Waals surface area contributed by atoms with E-state index in [0.717, 1.165) is 39.2 Å². The highest BCUT2D eigenvalue weighted by molar-refractivity contribution is 5.96. The maximum absolute atomic E-state index is 5.82. The highest BCUT2D eigenvalue weighted by Gasteiger charge is 2.48. The van der Waals surface area contributed by atoms with Crippen LogP contribution in [0.4, 0.5) is 17.1 Å². The summed E-state index contributed by atoms with van der Waals surface area (Å²) >= 11 is 0. The molecule has 0 N–H and O–H groups in total. The number of rotatable bonds is 8. The highest BCUT2D eigenvalue weighted by Crippen LogP contribution is 2.59. The van der Waals surface area contributed by atoms with Gasteiger partial charge in [0.25, 0.3) is 0 Å². The summed E-state index contributed by atoms with van der Waals surface area (Å²) in [5.41, 5.74) is 20.6. The lowest BCUT2D eigenvalue weighted by Crippen LogP contribution is -2.28. The van der Waals surface area contributed by atoms with Gasteiger partial charge in [0, 0.05) is 22.4 Å². The fourth-order valence-electron chi connectivity index (χ4n) is 11.6. The molecule has 0 aliphatic heterocycles. The molecule has 2 heteroatoms. The number of anilines is 3. The van der Waals surface area contributed by atoms with Crippen molar-refractivity contribution in [2.75, 3.05) is 4.90 Å². The van der Waals surface area contributed by atoms with Crippen molar-refractivity contribution in [3.8, 4) is 33.4 Å². The Balaban J connectivity index is 1.06. The summed E-state index contributed by atoms with van der Waals surface area (Å²) in [5, 5.41) is 1.11. The normalized spacial score (nSPS) is 13.7. The molecule has 0 amide bonds. The van der Waals surface area contributed by atoms with Gasteiger partial charge in [0.1, 0.15) is 5.58 Å². The molecule has 0 atom stereocenters. The summed E-state index contributed by atoms with van der Waals surface area (Å²) in [6.07, 6.45) is 1.78. The van der Waals surface area contributed by atoms with Gasteiger partial charge in [-0.3, -0.25) is 0 Å². The van der Waals surface area contributed by atoms with Crippen LogP contribution in [0.15, 0.2) is 265 Å². The number of nitrogens with zero attached hydrogens (tertiary/aromatic N) is 1. The Morgan fingerprint density at radius 3 is 1.32 bits per heavy atom. The second-order valence-electron chi connectivity index (χ2n) is 17.5. The summed E-state index contributed by atoms with van der Waals surface area (Å²) in [6, 6.07) is 93.9. The van der Waals surface area contributed by atoms with Gasteiger partial charge in [-0.2, -0.15) is 0 Å². The summed E-state index contributed by atoms with van der Waals surface area (Å²) in [4.78, 5) is 2.46. The molecule has 0 saturated heterocycles. The molecule has 66 heavy (non-hydrogen) atoms. The molecule has 13 rings (SSSR count). The summed E-state index contributed by atoms with van der Waals surface area (Å²) < 4.78 is 5.82. The van der Waals surface area contributed by atoms with Gasteiger partial charge in [-0.15, -0.1) is 0 Å². The molecule has 0 spiro atoms. The van der Waals surface area contributed by atoms with E-state index < -0.39 is 10.8 Å². The van der Waals surface area contributed by atoms with Gasteiger partial charge >= 0.3 is 0 Å². The number of hydrogen-bond donors (Lipinski definition) is 0. The second kappa shape index (κ2) is 15.1. The Labute approximate surface area is 385 Å². The van der Waals surface area contributed by atoms with Gasteiger partial charge in [-0.25, -0.2) is 0 Å². The van der Waals surface area contributed by atoms with Crippen molar-refractivity contribution >= 4 is 28.0 Å². The molecule has 0 radical (unpaired) electrons. The van der Waals surface area contributed by atoms with Gasteiger partial charge in [0.05, 0.1) is 17.1 Å². The van der Waals surface area contributed by atoms with E-state index in [9.17, 15) is 0 Å². The fraction of sp³-hybridized carbons (Fsp3) is 0.0312. The molecule has 2 aliphatic rings. The quantitative estimate of drug-likeness (QED) is 0.152. The molecular weight excluding hydrogens is 799 g/mol. The predicted octanol–water partition coefficient (Wildman–Crippen LogP) is 16.3. The number of benzene rings is 10. The Hall–Kier alpha value is -8.46. The number of furan rings is 1. The van der Waals surface area contributed by atoms with Crippen LogP contribution < -0.4 is 4.90 Å². The summed E-state index contributed by atoms with van der Waals surface area (Å²) in [5.74, 6) is 0. The Bertz CT molecular complexity index is 3490. The molecule has 1 heterocycles. The zero-order chi connectivity index (χ0) is 43.7. The molecule has 2 aliphatic carbocycles. The first-order valence-corrected chi connectivity index (χ1v) is 22.8. The van der Waals surface area contributed by atoms with E-state index in [1.54, 1.807) is 6.26 Å².